The van der Waals surface area contributed by atoms with E-state index in [4.69, 9.17) is 0 Å². The van der Waals surface area contributed by atoms with Crippen molar-refractivity contribution in [1.29, 1.82) is 10.5 Å². The topological polar surface area (TPSA) is 57.4 Å². The Hall–Kier alpha value is -6.10. The van der Waals surface area contributed by atoms with Gasteiger partial charge < -0.3 is 9.13 Å². The lowest BCUT2D eigenvalue weighted by Gasteiger charge is -2.19. The van der Waals surface area contributed by atoms with E-state index in [9.17, 15) is 10.5 Å². The Labute approximate surface area is 248 Å². The van der Waals surface area contributed by atoms with Crippen LogP contribution in [0.25, 0.3) is 67.4 Å². The van der Waals surface area contributed by atoms with Crippen LogP contribution in [0.5, 0.6) is 0 Å². The van der Waals surface area contributed by atoms with Crippen LogP contribution >= 0.6 is 0 Å². The number of rotatable bonds is 3. The summed E-state index contributed by atoms with van der Waals surface area (Å²) in [7, 11) is 0. The van der Waals surface area contributed by atoms with Crippen molar-refractivity contribution in [2.45, 2.75) is 6.42 Å². The summed E-state index contributed by atoms with van der Waals surface area (Å²) in [5, 5.41) is 22.9. The van der Waals surface area contributed by atoms with Crippen LogP contribution < -0.4 is 0 Å². The van der Waals surface area contributed by atoms with Gasteiger partial charge in [-0.05, 0) is 54.6 Å². The minimum absolute atomic E-state index is 0.572. The molecule has 0 atom stereocenters. The van der Waals surface area contributed by atoms with E-state index in [1.165, 1.54) is 10.8 Å². The second-order valence-corrected chi connectivity index (χ2v) is 10.8. The highest BCUT2D eigenvalue weighted by atomic mass is 15.0. The third-order valence-corrected chi connectivity index (χ3v) is 8.41. The van der Waals surface area contributed by atoms with Crippen LogP contribution in [0.4, 0.5) is 0 Å². The molecule has 7 aromatic rings. The number of allylic oxidation sites excluding steroid dienone is 2. The van der Waals surface area contributed by atoms with Gasteiger partial charge >= 0.3 is 0 Å². The molecule has 8 rings (SSSR count). The maximum Gasteiger partial charge on any atom is 0.0991 e. The van der Waals surface area contributed by atoms with Gasteiger partial charge in [-0.2, -0.15) is 10.5 Å². The molecule has 0 unspecified atom stereocenters. The van der Waals surface area contributed by atoms with E-state index >= 15 is 0 Å². The quantitative estimate of drug-likeness (QED) is 0.221. The Morgan fingerprint density at radius 1 is 0.558 bits per heavy atom. The molecule has 0 amide bonds. The van der Waals surface area contributed by atoms with Crippen molar-refractivity contribution < 1.29 is 0 Å². The van der Waals surface area contributed by atoms with E-state index in [2.05, 4.69) is 130 Å². The first-order chi connectivity index (χ1) is 21.3. The van der Waals surface area contributed by atoms with Crippen molar-refractivity contribution in [3.05, 3.63) is 144 Å². The molecule has 5 aromatic carbocycles. The van der Waals surface area contributed by atoms with Crippen LogP contribution in [0.2, 0.25) is 0 Å². The zero-order chi connectivity index (χ0) is 28.9. The van der Waals surface area contributed by atoms with Gasteiger partial charge in [0.25, 0.3) is 0 Å². The first-order valence-electron chi connectivity index (χ1n) is 14.3. The molecule has 4 heteroatoms. The van der Waals surface area contributed by atoms with Crippen LogP contribution in [0.1, 0.15) is 23.2 Å². The van der Waals surface area contributed by atoms with Gasteiger partial charge in [0.05, 0.1) is 51.3 Å². The molecule has 200 valence electrons. The molecule has 0 N–H and O–H groups in total. The summed E-state index contributed by atoms with van der Waals surface area (Å²) in [6.07, 6.45) is 6.71. The smallest absolute Gasteiger partial charge is 0.0991 e. The number of para-hydroxylation sites is 4. The lowest BCUT2D eigenvalue weighted by atomic mass is 10.0. The van der Waals surface area contributed by atoms with Gasteiger partial charge in [-0.15, -0.1) is 0 Å². The lowest BCUT2D eigenvalue weighted by molar-refractivity contribution is 1.10. The Bertz CT molecular complexity index is 2350. The van der Waals surface area contributed by atoms with Gasteiger partial charge in [0.1, 0.15) is 0 Å². The summed E-state index contributed by atoms with van der Waals surface area (Å²) in [4.78, 5) is 0. The fourth-order valence-electron chi connectivity index (χ4n) is 6.56. The summed E-state index contributed by atoms with van der Waals surface area (Å²) in [6.45, 7) is 0. The van der Waals surface area contributed by atoms with E-state index in [1.54, 1.807) is 0 Å². The molecular formula is C39H24N4. The predicted octanol–water partition coefficient (Wildman–Crippen LogP) is 9.59. The van der Waals surface area contributed by atoms with Crippen molar-refractivity contribution >= 4 is 44.9 Å². The number of fused-ring (bicyclic) bond motifs is 6. The van der Waals surface area contributed by atoms with Gasteiger partial charge in [0, 0.05) is 44.8 Å². The lowest BCUT2D eigenvalue weighted by Crippen LogP contribution is -2.02. The molecule has 0 radical (unpaired) electrons. The van der Waals surface area contributed by atoms with Crippen molar-refractivity contribution in [1.82, 2.24) is 9.13 Å². The third kappa shape index (κ3) is 3.75. The number of hydrogen-bond donors (Lipinski definition) is 0. The normalized spacial score (nSPS) is 12.6. The highest BCUT2D eigenvalue weighted by Gasteiger charge is 2.22. The Kier molecular flexibility index (Phi) is 5.61. The van der Waals surface area contributed by atoms with Crippen molar-refractivity contribution in [2.24, 2.45) is 0 Å². The maximum atomic E-state index is 9.79. The van der Waals surface area contributed by atoms with Crippen LogP contribution in [-0.2, 0) is 0 Å². The number of benzene rings is 5. The molecule has 0 bridgehead atoms. The predicted molar refractivity (Wildman–Crippen MR) is 175 cm³/mol. The summed E-state index contributed by atoms with van der Waals surface area (Å²) in [6, 6.07) is 44.7. The third-order valence-electron chi connectivity index (χ3n) is 8.41. The minimum Gasteiger partial charge on any atom is -0.309 e. The second kappa shape index (κ2) is 9.77. The molecule has 2 heterocycles. The number of nitriles is 2. The number of hydrogen-bond acceptors (Lipinski definition) is 2. The zero-order valence-electron chi connectivity index (χ0n) is 23.2. The van der Waals surface area contributed by atoms with Crippen molar-refractivity contribution in [3.63, 3.8) is 0 Å². The van der Waals surface area contributed by atoms with E-state index in [-0.39, 0.29) is 0 Å². The first kappa shape index (κ1) is 24.7. The summed E-state index contributed by atoms with van der Waals surface area (Å²) >= 11 is 0. The molecule has 2 aromatic heterocycles. The van der Waals surface area contributed by atoms with Gasteiger partial charge in [-0.3, -0.25) is 0 Å². The van der Waals surface area contributed by atoms with Gasteiger partial charge in [-0.25, -0.2) is 0 Å². The van der Waals surface area contributed by atoms with Crippen molar-refractivity contribution in [3.8, 4) is 34.6 Å². The highest BCUT2D eigenvalue weighted by molar-refractivity contribution is 6.10. The van der Waals surface area contributed by atoms with Crippen molar-refractivity contribution in [2.75, 3.05) is 0 Å². The zero-order valence-corrected chi connectivity index (χ0v) is 23.2. The fraction of sp³-hybridized carbons (Fsp3) is 0.0256. The molecule has 0 aliphatic heterocycles. The number of aromatic nitrogens is 2. The fourth-order valence-corrected chi connectivity index (χ4v) is 6.56. The highest BCUT2D eigenvalue weighted by Crippen LogP contribution is 2.41. The Balaban J connectivity index is 1.45. The SMILES string of the molecule is N#CC1=Cc2c(n(-c3ccccc3-c3ccccc3-n3c4ccccc4c4ccccc43)c3ccc(C#N)cc23)C=CC1. The summed E-state index contributed by atoms with van der Waals surface area (Å²) in [5.74, 6) is 0. The van der Waals surface area contributed by atoms with Crippen LogP contribution in [-0.4, -0.2) is 9.13 Å². The summed E-state index contributed by atoms with van der Waals surface area (Å²) in [5.41, 5.74) is 10.9. The molecule has 0 saturated carbocycles. The average Bonchev–Trinajstić information content (AvgIpc) is 3.46. The van der Waals surface area contributed by atoms with Gasteiger partial charge in [0.15, 0.2) is 0 Å². The molecule has 1 aliphatic carbocycles. The van der Waals surface area contributed by atoms with E-state index in [0.29, 0.717) is 17.6 Å². The Morgan fingerprint density at radius 3 is 1.79 bits per heavy atom. The molecular weight excluding hydrogens is 524 g/mol. The molecule has 1 aliphatic rings. The summed E-state index contributed by atoms with van der Waals surface area (Å²) < 4.78 is 4.64. The van der Waals surface area contributed by atoms with E-state index in [0.717, 1.165) is 55.7 Å². The molecule has 4 nitrogen and oxygen atoms in total. The van der Waals surface area contributed by atoms with Crippen LogP contribution in [0.15, 0.2) is 127 Å². The largest absolute Gasteiger partial charge is 0.309 e. The van der Waals surface area contributed by atoms with E-state index in [1.807, 2.05) is 24.3 Å². The second-order valence-electron chi connectivity index (χ2n) is 10.8. The number of nitrogens with zero attached hydrogens (tertiary/aromatic N) is 4. The van der Waals surface area contributed by atoms with Crippen LogP contribution in [0.3, 0.4) is 0 Å². The van der Waals surface area contributed by atoms with E-state index < -0.39 is 0 Å². The van der Waals surface area contributed by atoms with Gasteiger partial charge in [-0.1, -0.05) is 78.9 Å². The molecule has 43 heavy (non-hydrogen) atoms. The molecule has 0 fully saturated rings. The molecule has 0 saturated heterocycles. The average molecular weight is 549 g/mol. The van der Waals surface area contributed by atoms with Crippen LogP contribution in [0, 0.1) is 22.7 Å². The Morgan fingerprint density at radius 2 is 1.14 bits per heavy atom. The monoisotopic (exact) mass is 548 g/mol. The minimum atomic E-state index is 0.572. The maximum absolute atomic E-state index is 9.79. The molecule has 0 spiro atoms. The standard InChI is InChI=1S/C39H24N4/c40-24-26-10-9-19-38-32(22-26)33-23-27(25-41)20-21-39(33)43(38)37-18-8-4-14-31(37)30-13-3-7-17-36(30)42-34-15-5-1-11-28(34)29-12-2-6-16-35(29)42/h1-9,11-23H,10H2. The first-order valence-corrected chi connectivity index (χ1v) is 14.3. The van der Waals surface area contributed by atoms with Gasteiger partial charge in [0.2, 0.25) is 0 Å².